The van der Waals surface area contributed by atoms with E-state index < -0.39 is 5.54 Å². The largest absolute Gasteiger partial charge is 0.353 e. The molecule has 1 heterocycles. The van der Waals surface area contributed by atoms with Gasteiger partial charge in [0.25, 0.3) is 0 Å². The lowest BCUT2D eigenvalue weighted by Gasteiger charge is -2.46. The molecule has 1 amide bonds. The summed E-state index contributed by atoms with van der Waals surface area (Å²) in [4.78, 5) is 12.4. The Kier molecular flexibility index (Phi) is 2.49. The van der Waals surface area contributed by atoms with Crippen molar-refractivity contribution in [2.45, 2.75) is 37.6 Å². The number of benzene rings is 1. The van der Waals surface area contributed by atoms with Crippen LogP contribution in [0, 0.1) is 0 Å². The monoisotopic (exact) mass is 244 g/mol. The first-order chi connectivity index (χ1) is 8.56. The molecule has 1 unspecified atom stereocenters. The van der Waals surface area contributed by atoms with Crippen LogP contribution in [0.15, 0.2) is 24.3 Å². The van der Waals surface area contributed by atoms with Crippen molar-refractivity contribution in [3.63, 3.8) is 0 Å². The molecule has 1 fully saturated rings. The van der Waals surface area contributed by atoms with Gasteiger partial charge in [-0.15, -0.1) is 0 Å². The van der Waals surface area contributed by atoms with Crippen molar-refractivity contribution in [3.05, 3.63) is 35.4 Å². The van der Waals surface area contributed by atoms with Crippen molar-refractivity contribution >= 4 is 5.91 Å². The van der Waals surface area contributed by atoms with Crippen molar-refractivity contribution in [1.29, 1.82) is 0 Å². The van der Waals surface area contributed by atoms with Gasteiger partial charge in [-0.2, -0.15) is 0 Å². The van der Waals surface area contributed by atoms with E-state index in [0.717, 1.165) is 25.9 Å². The molecule has 1 aromatic rings. The van der Waals surface area contributed by atoms with Crippen LogP contribution < -0.4 is 10.6 Å². The molecule has 0 saturated carbocycles. The quantitative estimate of drug-likeness (QED) is 0.729. The first kappa shape index (κ1) is 11.7. The number of hydrogen-bond acceptors (Lipinski definition) is 2. The Labute approximate surface area is 108 Å². The highest BCUT2D eigenvalue weighted by molar-refractivity contribution is 5.89. The molecule has 1 spiro atoms. The van der Waals surface area contributed by atoms with E-state index in [2.05, 4.69) is 42.7 Å². The van der Waals surface area contributed by atoms with Gasteiger partial charge in [-0.05, 0) is 29.4 Å². The van der Waals surface area contributed by atoms with E-state index in [4.69, 9.17) is 0 Å². The summed E-state index contributed by atoms with van der Waals surface area (Å²) < 4.78 is 0. The number of fused-ring (bicyclic) bond motifs is 2. The summed E-state index contributed by atoms with van der Waals surface area (Å²) in [6, 6.07) is 8.37. The fraction of sp³-hybridized carbons (Fsp3) is 0.533. The van der Waals surface area contributed by atoms with E-state index >= 15 is 0 Å². The van der Waals surface area contributed by atoms with Gasteiger partial charge < -0.3 is 5.32 Å². The van der Waals surface area contributed by atoms with Gasteiger partial charge in [-0.1, -0.05) is 38.1 Å². The van der Waals surface area contributed by atoms with E-state index in [9.17, 15) is 4.79 Å². The highest BCUT2D eigenvalue weighted by Crippen LogP contribution is 2.45. The summed E-state index contributed by atoms with van der Waals surface area (Å²) in [5.74, 6) is 0.136. The zero-order chi connectivity index (χ0) is 12.8. The Morgan fingerprint density at radius 3 is 2.50 bits per heavy atom. The normalized spacial score (nSPS) is 29.8. The third kappa shape index (κ3) is 1.50. The number of nitrogens with one attached hydrogen (secondary N) is 2. The first-order valence-electron chi connectivity index (χ1n) is 6.70. The molecule has 1 atom stereocenters. The minimum atomic E-state index is -0.496. The van der Waals surface area contributed by atoms with Gasteiger partial charge in [-0.3, -0.25) is 10.1 Å². The number of hydrogen-bond donors (Lipinski definition) is 2. The maximum Gasteiger partial charge on any atom is 0.244 e. The Bertz CT molecular complexity index is 495. The van der Waals surface area contributed by atoms with Gasteiger partial charge in [0, 0.05) is 13.1 Å². The van der Waals surface area contributed by atoms with Crippen molar-refractivity contribution in [2.75, 3.05) is 13.1 Å². The molecule has 2 N–H and O–H groups in total. The molecular weight excluding hydrogens is 224 g/mol. The van der Waals surface area contributed by atoms with E-state index in [-0.39, 0.29) is 11.3 Å². The average molecular weight is 244 g/mol. The van der Waals surface area contributed by atoms with E-state index in [1.165, 1.54) is 11.1 Å². The molecule has 0 bridgehead atoms. The third-order valence-electron chi connectivity index (χ3n) is 4.47. The van der Waals surface area contributed by atoms with Crippen LogP contribution in [0.1, 0.15) is 37.8 Å². The van der Waals surface area contributed by atoms with Crippen LogP contribution in [0.5, 0.6) is 0 Å². The molecule has 18 heavy (non-hydrogen) atoms. The van der Waals surface area contributed by atoms with Crippen molar-refractivity contribution in [3.8, 4) is 0 Å². The molecule has 1 aliphatic carbocycles. The molecule has 96 valence electrons. The predicted molar refractivity (Wildman–Crippen MR) is 71.4 cm³/mol. The van der Waals surface area contributed by atoms with Gasteiger partial charge in [0.15, 0.2) is 0 Å². The highest BCUT2D eigenvalue weighted by Gasteiger charge is 2.48. The molecule has 3 nitrogen and oxygen atoms in total. The predicted octanol–water partition coefficient (Wildman–Crippen LogP) is 1.67. The zero-order valence-corrected chi connectivity index (χ0v) is 11.0. The first-order valence-corrected chi connectivity index (χ1v) is 6.70. The SMILES string of the molecule is CC1(C)CCC2(NCCNC2=O)c2ccccc21. The summed E-state index contributed by atoms with van der Waals surface area (Å²) in [5, 5.41) is 6.48. The third-order valence-corrected chi connectivity index (χ3v) is 4.47. The summed E-state index contributed by atoms with van der Waals surface area (Å²) in [5.41, 5.74) is 2.13. The van der Waals surface area contributed by atoms with Gasteiger partial charge in [-0.25, -0.2) is 0 Å². The van der Waals surface area contributed by atoms with Crippen LogP contribution in [0.3, 0.4) is 0 Å². The number of piperazine rings is 1. The number of carbonyl (C=O) groups is 1. The molecule has 2 aliphatic rings. The number of rotatable bonds is 0. The Morgan fingerprint density at radius 1 is 1.06 bits per heavy atom. The fourth-order valence-corrected chi connectivity index (χ4v) is 3.32. The van der Waals surface area contributed by atoms with Crippen LogP contribution >= 0.6 is 0 Å². The topological polar surface area (TPSA) is 41.1 Å². The Hall–Kier alpha value is -1.35. The molecular formula is C15H20N2O. The molecule has 3 rings (SSSR count). The maximum atomic E-state index is 12.4. The summed E-state index contributed by atoms with van der Waals surface area (Å²) in [7, 11) is 0. The van der Waals surface area contributed by atoms with E-state index in [0.29, 0.717) is 0 Å². The van der Waals surface area contributed by atoms with Crippen LogP contribution in [0.4, 0.5) is 0 Å². The molecule has 0 radical (unpaired) electrons. The lowest BCUT2D eigenvalue weighted by Crippen LogP contribution is -2.63. The lowest BCUT2D eigenvalue weighted by molar-refractivity contribution is -0.130. The second kappa shape index (κ2) is 3.82. The van der Waals surface area contributed by atoms with Crippen LogP contribution in [-0.2, 0) is 15.7 Å². The van der Waals surface area contributed by atoms with Crippen molar-refractivity contribution in [2.24, 2.45) is 0 Å². The van der Waals surface area contributed by atoms with Crippen LogP contribution in [0.2, 0.25) is 0 Å². The maximum absolute atomic E-state index is 12.4. The summed E-state index contributed by atoms with van der Waals surface area (Å²) in [6.45, 7) is 6.10. The van der Waals surface area contributed by atoms with Gasteiger partial charge in [0.05, 0.1) is 0 Å². The summed E-state index contributed by atoms with van der Waals surface area (Å²) >= 11 is 0. The molecule has 1 saturated heterocycles. The Balaban J connectivity index is 2.17. The van der Waals surface area contributed by atoms with Crippen LogP contribution in [-0.4, -0.2) is 19.0 Å². The minimum Gasteiger partial charge on any atom is -0.353 e. The Morgan fingerprint density at radius 2 is 1.78 bits per heavy atom. The summed E-state index contributed by atoms with van der Waals surface area (Å²) in [6.07, 6.45) is 1.91. The second-order valence-corrected chi connectivity index (χ2v) is 6.02. The average Bonchev–Trinajstić information content (AvgIpc) is 2.37. The lowest BCUT2D eigenvalue weighted by atomic mass is 9.64. The molecule has 3 heteroatoms. The van der Waals surface area contributed by atoms with Crippen LogP contribution in [0.25, 0.3) is 0 Å². The van der Waals surface area contributed by atoms with E-state index in [1.807, 2.05) is 6.07 Å². The van der Waals surface area contributed by atoms with Gasteiger partial charge in [0.1, 0.15) is 5.54 Å². The highest BCUT2D eigenvalue weighted by atomic mass is 16.2. The minimum absolute atomic E-state index is 0.136. The standard InChI is InChI=1S/C15H20N2O/c1-14(2)7-8-15(13(18)16-9-10-17-15)12-6-4-3-5-11(12)14/h3-6,17H,7-10H2,1-2H3,(H,16,18). The van der Waals surface area contributed by atoms with E-state index in [1.54, 1.807) is 0 Å². The van der Waals surface area contributed by atoms with Crippen molar-refractivity contribution in [1.82, 2.24) is 10.6 Å². The molecule has 0 aromatic heterocycles. The fourth-order valence-electron chi connectivity index (χ4n) is 3.32. The molecule has 1 aliphatic heterocycles. The zero-order valence-electron chi connectivity index (χ0n) is 11.0. The second-order valence-electron chi connectivity index (χ2n) is 6.02. The number of amides is 1. The molecule has 1 aromatic carbocycles. The number of carbonyl (C=O) groups excluding carboxylic acids is 1. The van der Waals surface area contributed by atoms with Gasteiger partial charge >= 0.3 is 0 Å². The van der Waals surface area contributed by atoms with Gasteiger partial charge in [0.2, 0.25) is 5.91 Å². The van der Waals surface area contributed by atoms with Crippen molar-refractivity contribution < 1.29 is 4.79 Å². The smallest absolute Gasteiger partial charge is 0.244 e.